The third-order valence-electron chi connectivity index (χ3n) is 3.68. The number of halogens is 2. The Balaban J connectivity index is 1.52. The van der Waals surface area contributed by atoms with Gasteiger partial charge in [0.1, 0.15) is 5.82 Å². The van der Waals surface area contributed by atoms with Gasteiger partial charge in [-0.25, -0.2) is 9.78 Å². The van der Waals surface area contributed by atoms with Crippen LogP contribution in [0.15, 0.2) is 35.3 Å². The molecule has 1 saturated heterocycles. The number of aromatic nitrogens is 1. The van der Waals surface area contributed by atoms with Crippen molar-refractivity contribution in [3.8, 4) is 0 Å². The number of furan rings is 1. The second kappa shape index (κ2) is 7.10. The molecule has 0 aliphatic carbocycles. The summed E-state index contributed by atoms with van der Waals surface area (Å²) in [5.41, 5.74) is 0.939. The Labute approximate surface area is 144 Å². The number of amides is 2. The minimum absolute atomic E-state index is 0.0824. The van der Waals surface area contributed by atoms with Gasteiger partial charge in [0.15, 0.2) is 0 Å². The summed E-state index contributed by atoms with van der Waals surface area (Å²) in [4.78, 5) is 20.3. The molecule has 3 heterocycles. The maximum absolute atomic E-state index is 12.2. The van der Waals surface area contributed by atoms with Crippen molar-refractivity contribution in [3.05, 3.63) is 46.5 Å². The van der Waals surface area contributed by atoms with Crippen molar-refractivity contribution in [3.63, 3.8) is 0 Å². The van der Waals surface area contributed by atoms with Crippen LogP contribution in [0.5, 0.6) is 0 Å². The third-order valence-corrected chi connectivity index (χ3v) is 4.16. The summed E-state index contributed by atoms with van der Waals surface area (Å²) in [5, 5.41) is 3.91. The van der Waals surface area contributed by atoms with Crippen LogP contribution in [-0.2, 0) is 6.54 Å². The second-order valence-corrected chi connectivity index (χ2v) is 6.07. The molecule has 0 atom stereocenters. The molecule has 1 aliphatic rings. The van der Waals surface area contributed by atoms with Gasteiger partial charge in [-0.05, 0) is 12.1 Å². The Kier molecular flexibility index (Phi) is 4.93. The number of carbonyl (C=O) groups is 1. The van der Waals surface area contributed by atoms with E-state index >= 15 is 0 Å². The number of anilines is 1. The van der Waals surface area contributed by atoms with Crippen LogP contribution < -0.4 is 10.2 Å². The fourth-order valence-electron chi connectivity index (χ4n) is 2.44. The lowest BCUT2D eigenvalue weighted by Gasteiger charge is -2.35. The highest BCUT2D eigenvalue weighted by molar-refractivity contribution is 6.36. The summed E-state index contributed by atoms with van der Waals surface area (Å²) < 4.78 is 4.97. The maximum atomic E-state index is 12.2. The number of nitrogens with zero attached hydrogens (tertiary/aromatic N) is 3. The molecule has 122 valence electrons. The smallest absolute Gasteiger partial charge is 0.317 e. The number of pyridine rings is 1. The van der Waals surface area contributed by atoms with E-state index < -0.39 is 0 Å². The van der Waals surface area contributed by atoms with Gasteiger partial charge in [0, 0.05) is 44.5 Å². The first-order chi connectivity index (χ1) is 11.1. The van der Waals surface area contributed by atoms with E-state index in [1.807, 2.05) is 6.07 Å². The fraction of sp³-hybridized carbons (Fsp3) is 0.333. The monoisotopic (exact) mass is 354 g/mol. The lowest BCUT2D eigenvalue weighted by molar-refractivity contribution is 0.194. The molecular weight excluding hydrogens is 339 g/mol. The highest BCUT2D eigenvalue weighted by Gasteiger charge is 2.23. The van der Waals surface area contributed by atoms with Crippen LogP contribution in [0.1, 0.15) is 5.56 Å². The van der Waals surface area contributed by atoms with Crippen LogP contribution >= 0.6 is 23.2 Å². The number of urea groups is 1. The zero-order valence-corrected chi connectivity index (χ0v) is 13.8. The molecule has 0 spiro atoms. The van der Waals surface area contributed by atoms with Gasteiger partial charge >= 0.3 is 6.03 Å². The van der Waals surface area contributed by atoms with E-state index in [-0.39, 0.29) is 6.03 Å². The Morgan fingerprint density at radius 1 is 1.30 bits per heavy atom. The number of hydrogen-bond acceptors (Lipinski definition) is 4. The second-order valence-electron chi connectivity index (χ2n) is 5.22. The zero-order valence-electron chi connectivity index (χ0n) is 12.3. The fourth-order valence-corrected chi connectivity index (χ4v) is 2.94. The van der Waals surface area contributed by atoms with Gasteiger partial charge in [0.05, 0.1) is 22.6 Å². The van der Waals surface area contributed by atoms with Gasteiger partial charge in [-0.3, -0.25) is 0 Å². The first kappa shape index (κ1) is 16.0. The first-order valence-electron chi connectivity index (χ1n) is 7.23. The van der Waals surface area contributed by atoms with Gasteiger partial charge < -0.3 is 19.5 Å². The largest absolute Gasteiger partial charge is 0.472 e. The van der Waals surface area contributed by atoms with Gasteiger partial charge in [0.2, 0.25) is 0 Å². The Hall–Kier alpha value is -1.92. The molecule has 3 rings (SSSR count). The van der Waals surface area contributed by atoms with Crippen LogP contribution in [-0.4, -0.2) is 42.1 Å². The summed E-state index contributed by atoms with van der Waals surface area (Å²) in [5.74, 6) is 0.703. The van der Waals surface area contributed by atoms with Crippen molar-refractivity contribution in [2.75, 3.05) is 31.1 Å². The minimum Gasteiger partial charge on any atom is -0.472 e. The molecule has 0 aromatic carbocycles. The molecule has 0 saturated carbocycles. The lowest BCUT2D eigenvalue weighted by Crippen LogP contribution is -2.52. The van der Waals surface area contributed by atoms with E-state index in [4.69, 9.17) is 27.6 Å². The van der Waals surface area contributed by atoms with Crippen LogP contribution in [0.2, 0.25) is 10.0 Å². The van der Waals surface area contributed by atoms with E-state index in [1.165, 1.54) is 0 Å². The number of piperazine rings is 1. The van der Waals surface area contributed by atoms with Gasteiger partial charge in [-0.1, -0.05) is 23.2 Å². The number of carbonyl (C=O) groups excluding carboxylic acids is 1. The summed E-state index contributed by atoms with van der Waals surface area (Å²) >= 11 is 12.0. The van der Waals surface area contributed by atoms with Crippen molar-refractivity contribution in [2.45, 2.75) is 6.54 Å². The Morgan fingerprint density at radius 2 is 2.09 bits per heavy atom. The zero-order chi connectivity index (χ0) is 16.2. The molecule has 0 radical (unpaired) electrons. The maximum Gasteiger partial charge on any atom is 0.317 e. The predicted octanol–water partition coefficient (Wildman–Crippen LogP) is 3.01. The molecule has 23 heavy (non-hydrogen) atoms. The van der Waals surface area contributed by atoms with Gasteiger partial charge in [-0.2, -0.15) is 0 Å². The number of hydrogen-bond donors (Lipinski definition) is 1. The summed E-state index contributed by atoms with van der Waals surface area (Å²) in [6.45, 7) is 3.02. The SMILES string of the molecule is O=C(NCc1ccoc1)N1CCN(c2ncc(Cl)cc2Cl)CC1. The normalized spacial score (nSPS) is 14.9. The molecule has 1 fully saturated rings. The van der Waals surface area contributed by atoms with Crippen LogP contribution in [0.4, 0.5) is 10.6 Å². The molecule has 8 heteroatoms. The van der Waals surface area contributed by atoms with Crippen molar-refractivity contribution >= 4 is 35.1 Å². The molecule has 2 aromatic heterocycles. The molecular formula is C15H16Cl2N4O2. The molecule has 1 N–H and O–H groups in total. The molecule has 0 unspecified atom stereocenters. The highest BCUT2D eigenvalue weighted by atomic mass is 35.5. The third kappa shape index (κ3) is 3.89. The van der Waals surface area contributed by atoms with Crippen LogP contribution in [0.3, 0.4) is 0 Å². The van der Waals surface area contributed by atoms with Gasteiger partial charge in [-0.15, -0.1) is 0 Å². The van der Waals surface area contributed by atoms with E-state index in [0.717, 1.165) is 5.56 Å². The molecule has 1 aliphatic heterocycles. The average molecular weight is 355 g/mol. The Morgan fingerprint density at radius 3 is 2.74 bits per heavy atom. The molecule has 2 aromatic rings. The quantitative estimate of drug-likeness (QED) is 0.920. The lowest BCUT2D eigenvalue weighted by atomic mass is 10.3. The predicted molar refractivity (Wildman–Crippen MR) is 89.0 cm³/mol. The van der Waals surface area contributed by atoms with Crippen molar-refractivity contribution in [1.82, 2.24) is 15.2 Å². The van der Waals surface area contributed by atoms with E-state index in [0.29, 0.717) is 48.6 Å². The summed E-state index contributed by atoms with van der Waals surface area (Å²) in [6.07, 6.45) is 4.78. The molecule has 0 bridgehead atoms. The van der Waals surface area contributed by atoms with Crippen molar-refractivity contribution in [2.24, 2.45) is 0 Å². The highest BCUT2D eigenvalue weighted by Crippen LogP contribution is 2.26. The molecule has 2 amide bonds. The molecule has 6 nitrogen and oxygen atoms in total. The standard InChI is InChI=1S/C15H16Cl2N4O2/c16-12-7-13(17)14(18-9-12)20-2-4-21(5-3-20)15(22)19-8-11-1-6-23-10-11/h1,6-7,9-10H,2-5,8H2,(H,19,22). The van der Waals surface area contributed by atoms with Crippen molar-refractivity contribution < 1.29 is 9.21 Å². The van der Waals surface area contributed by atoms with E-state index in [2.05, 4.69) is 15.2 Å². The topological polar surface area (TPSA) is 61.6 Å². The number of rotatable bonds is 3. The summed E-state index contributed by atoms with van der Waals surface area (Å²) in [7, 11) is 0. The Bertz CT molecular complexity index is 670. The van der Waals surface area contributed by atoms with E-state index in [1.54, 1.807) is 29.7 Å². The first-order valence-corrected chi connectivity index (χ1v) is 7.99. The van der Waals surface area contributed by atoms with Crippen LogP contribution in [0.25, 0.3) is 0 Å². The minimum atomic E-state index is -0.0824. The summed E-state index contributed by atoms with van der Waals surface area (Å²) in [6, 6.07) is 3.42. The number of nitrogens with one attached hydrogen (secondary N) is 1. The van der Waals surface area contributed by atoms with Crippen molar-refractivity contribution in [1.29, 1.82) is 0 Å². The average Bonchev–Trinajstić information content (AvgIpc) is 3.06. The van der Waals surface area contributed by atoms with Gasteiger partial charge in [0.25, 0.3) is 0 Å². The van der Waals surface area contributed by atoms with Crippen LogP contribution in [0, 0.1) is 0 Å². The van der Waals surface area contributed by atoms with E-state index in [9.17, 15) is 4.79 Å².